The van der Waals surface area contributed by atoms with E-state index in [9.17, 15) is 10.2 Å². The molecule has 0 aliphatic carbocycles. The van der Waals surface area contributed by atoms with Crippen LogP contribution in [0.15, 0.2) is 47.9 Å². The lowest BCUT2D eigenvalue weighted by molar-refractivity contribution is -0.0194. The molecule has 0 aromatic heterocycles. The van der Waals surface area contributed by atoms with Crippen LogP contribution >= 0.6 is 127 Å². The van der Waals surface area contributed by atoms with Crippen molar-refractivity contribution in [3.8, 4) is 11.5 Å². The van der Waals surface area contributed by atoms with Crippen LogP contribution in [-0.4, -0.2) is 36.6 Å². The molecule has 2 rings (SSSR count). The summed E-state index contributed by atoms with van der Waals surface area (Å²) in [6.45, 7) is -0.608. The number of benzene rings is 2. The van der Waals surface area contributed by atoms with Gasteiger partial charge in [-0.3, -0.25) is 0 Å². The van der Waals surface area contributed by atoms with E-state index >= 15 is 0 Å². The Morgan fingerprint density at radius 3 is 1.41 bits per heavy atom. The van der Waals surface area contributed by atoms with E-state index in [4.69, 9.17) is 9.47 Å². The molecule has 0 fully saturated rings. The monoisotopic (exact) mass is 911 g/mol. The number of hydrogen-bond acceptors (Lipinski definition) is 4. The summed E-state index contributed by atoms with van der Waals surface area (Å²) in [6, 6.07) is 3.70. The maximum Gasteiger partial charge on any atom is 0.150 e. The maximum atomic E-state index is 10.0. The van der Waals surface area contributed by atoms with Crippen molar-refractivity contribution in [1.82, 2.24) is 0 Å². The molecule has 4 nitrogen and oxygen atoms in total. The molecule has 2 aromatic rings. The van der Waals surface area contributed by atoms with Gasteiger partial charge in [0.25, 0.3) is 0 Å². The van der Waals surface area contributed by atoms with E-state index < -0.39 is 5.41 Å². The average Bonchev–Trinajstić information content (AvgIpc) is 2.68. The van der Waals surface area contributed by atoms with Crippen molar-refractivity contribution in [2.75, 3.05) is 26.4 Å². The quantitative estimate of drug-likeness (QED) is 0.207. The van der Waals surface area contributed by atoms with Crippen LogP contribution in [-0.2, 0) is 0 Å². The summed E-state index contributed by atoms with van der Waals surface area (Å²) in [5, 5.41) is 20.0. The number of aliphatic hydroxyl groups is 2. The average molecular weight is 920 g/mol. The second-order valence-corrected chi connectivity index (χ2v) is 12.6. The molecule has 2 aromatic carbocycles. The Morgan fingerprint density at radius 2 is 1.00 bits per heavy atom. The molecule has 0 heterocycles. The summed E-state index contributed by atoms with van der Waals surface area (Å²) < 4.78 is 18.0. The highest BCUT2D eigenvalue weighted by Gasteiger charge is 2.33. The van der Waals surface area contributed by atoms with Crippen LogP contribution in [0.25, 0.3) is 0 Å². The lowest BCUT2D eigenvalue weighted by Crippen LogP contribution is -2.42. The van der Waals surface area contributed by atoms with E-state index in [1.165, 1.54) is 0 Å². The van der Waals surface area contributed by atoms with Gasteiger partial charge in [-0.2, -0.15) is 0 Å². The van der Waals surface area contributed by atoms with Crippen LogP contribution in [0.2, 0.25) is 0 Å². The van der Waals surface area contributed by atoms with E-state index in [1.807, 2.05) is 12.1 Å². The molecule has 0 radical (unpaired) electrons. The minimum absolute atomic E-state index is 0.0173. The van der Waals surface area contributed by atoms with Crippen molar-refractivity contribution in [1.29, 1.82) is 0 Å². The van der Waals surface area contributed by atoms with E-state index in [0.29, 0.717) is 20.4 Å². The molecule has 0 aliphatic rings. The fraction of sp³-hybridized carbons (Fsp3) is 0.294. The summed E-state index contributed by atoms with van der Waals surface area (Å²) in [5.74, 6) is 1.08. The first-order valence-corrected chi connectivity index (χ1v) is 14.0. The van der Waals surface area contributed by atoms with Crippen molar-refractivity contribution < 1.29 is 19.7 Å². The van der Waals surface area contributed by atoms with Crippen molar-refractivity contribution in [2.24, 2.45) is 5.41 Å². The molecular formula is C17H12Br8O4. The number of ether oxygens (including phenoxy) is 2. The van der Waals surface area contributed by atoms with E-state index in [-0.39, 0.29) is 26.4 Å². The fourth-order valence-corrected chi connectivity index (χ4v) is 7.83. The van der Waals surface area contributed by atoms with Gasteiger partial charge in [0.2, 0.25) is 0 Å². The smallest absolute Gasteiger partial charge is 0.150 e. The minimum Gasteiger partial charge on any atom is -0.490 e. The molecule has 0 bridgehead atoms. The van der Waals surface area contributed by atoms with Gasteiger partial charge in [-0.25, -0.2) is 0 Å². The Labute approximate surface area is 235 Å². The van der Waals surface area contributed by atoms with Gasteiger partial charge < -0.3 is 19.7 Å². The Morgan fingerprint density at radius 1 is 0.621 bits per heavy atom. The van der Waals surface area contributed by atoms with Crippen molar-refractivity contribution in [2.45, 2.75) is 0 Å². The predicted octanol–water partition coefficient (Wildman–Crippen LogP) is 8.22. The van der Waals surface area contributed by atoms with Gasteiger partial charge in [0, 0.05) is 8.95 Å². The predicted molar refractivity (Wildman–Crippen MR) is 142 cm³/mol. The number of aliphatic hydroxyl groups excluding tert-OH is 2. The lowest BCUT2D eigenvalue weighted by atomic mass is 9.92. The molecule has 0 saturated heterocycles. The van der Waals surface area contributed by atoms with Gasteiger partial charge >= 0.3 is 0 Å². The Kier molecular flexibility index (Phi) is 11.0. The standard InChI is InChI=1S/C17H12Br8O4/c18-7-1-8(19)15(9(20)2-7)28-5-17(3-26,4-27)6-29-16-13(24)11(22)10(21)12(23)14(16)25/h1-2,26-27H,3-6H2. The first-order valence-electron chi connectivity index (χ1n) is 7.70. The highest BCUT2D eigenvalue weighted by Crippen LogP contribution is 2.49. The lowest BCUT2D eigenvalue weighted by Gasteiger charge is -2.30. The minimum atomic E-state index is -1.03. The van der Waals surface area contributed by atoms with Gasteiger partial charge in [-0.05, 0) is 124 Å². The zero-order chi connectivity index (χ0) is 21.9. The van der Waals surface area contributed by atoms with Gasteiger partial charge in [0.05, 0.1) is 45.5 Å². The van der Waals surface area contributed by atoms with Gasteiger partial charge in [0.15, 0.2) is 0 Å². The first-order chi connectivity index (χ1) is 13.6. The largest absolute Gasteiger partial charge is 0.490 e. The van der Waals surface area contributed by atoms with Crippen LogP contribution in [0.4, 0.5) is 0 Å². The molecule has 0 atom stereocenters. The zero-order valence-corrected chi connectivity index (χ0v) is 26.9. The number of halogens is 8. The molecule has 0 amide bonds. The molecule has 0 unspecified atom stereocenters. The molecule has 29 heavy (non-hydrogen) atoms. The van der Waals surface area contributed by atoms with Crippen LogP contribution in [0.3, 0.4) is 0 Å². The van der Waals surface area contributed by atoms with Crippen molar-refractivity contribution in [3.05, 3.63) is 47.9 Å². The number of hydrogen-bond donors (Lipinski definition) is 2. The van der Waals surface area contributed by atoms with Crippen LogP contribution < -0.4 is 9.47 Å². The summed E-state index contributed by atoms with van der Waals surface area (Å²) in [7, 11) is 0. The molecule has 0 spiro atoms. The second kappa shape index (κ2) is 11.8. The molecular weight excluding hydrogens is 907 g/mol. The summed E-state index contributed by atoms with van der Waals surface area (Å²) >= 11 is 27.8. The van der Waals surface area contributed by atoms with E-state index in [0.717, 1.165) is 26.8 Å². The summed E-state index contributed by atoms with van der Waals surface area (Å²) in [6.07, 6.45) is 0. The van der Waals surface area contributed by atoms with E-state index in [1.54, 1.807) is 0 Å². The normalized spacial score (nSPS) is 11.7. The molecule has 0 aliphatic heterocycles. The fourth-order valence-electron chi connectivity index (χ4n) is 2.10. The van der Waals surface area contributed by atoms with E-state index in [2.05, 4.69) is 127 Å². The Hall–Kier alpha value is 1.80. The van der Waals surface area contributed by atoms with Crippen LogP contribution in [0.5, 0.6) is 11.5 Å². The molecule has 2 N–H and O–H groups in total. The summed E-state index contributed by atoms with van der Waals surface area (Å²) in [5.41, 5.74) is -1.03. The zero-order valence-electron chi connectivity index (χ0n) is 14.2. The maximum absolute atomic E-state index is 10.0. The molecule has 160 valence electrons. The second-order valence-electron chi connectivity index (χ2n) is 5.99. The Bertz CT molecular complexity index is 849. The SMILES string of the molecule is OCC(CO)(COc1c(Br)cc(Br)cc1Br)COc1c(Br)c(Br)c(Br)c(Br)c1Br. The highest BCUT2D eigenvalue weighted by atomic mass is 79.9. The van der Waals surface area contributed by atoms with Crippen molar-refractivity contribution >= 4 is 127 Å². The highest BCUT2D eigenvalue weighted by molar-refractivity contribution is 9.16. The van der Waals surface area contributed by atoms with Gasteiger partial charge in [0.1, 0.15) is 24.7 Å². The summed E-state index contributed by atoms with van der Waals surface area (Å²) in [4.78, 5) is 0. The third-order valence-corrected chi connectivity index (χ3v) is 11.5. The Balaban J connectivity index is 2.25. The van der Waals surface area contributed by atoms with Gasteiger partial charge in [-0.15, -0.1) is 0 Å². The number of rotatable bonds is 8. The third-order valence-electron chi connectivity index (χ3n) is 3.85. The van der Waals surface area contributed by atoms with Crippen LogP contribution in [0, 0.1) is 5.41 Å². The topological polar surface area (TPSA) is 58.9 Å². The molecule has 0 saturated carbocycles. The first kappa shape index (κ1) is 27.0. The van der Waals surface area contributed by atoms with Crippen molar-refractivity contribution in [3.63, 3.8) is 0 Å². The third kappa shape index (κ3) is 6.44. The molecule has 12 heteroatoms. The van der Waals surface area contributed by atoms with Crippen LogP contribution in [0.1, 0.15) is 0 Å². The van der Waals surface area contributed by atoms with Gasteiger partial charge in [-0.1, -0.05) is 15.9 Å².